The topological polar surface area (TPSA) is 96.2 Å². The third kappa shape index (κ3) is 3.69. The molecule has 2 aromatic heterocycles. The molecule has 1 N–H and O–H groups in total. The van der Waals surface area contributed by atoms with E-state index < -0.39 is 23.0 Å². The first-order chi connectivity index (χ1) is 15.6. The van der Waals surface area contributed by atoms with E-state index in [0.29, 0.717) is 27.1 Å². The monoisotopic (exact) mass is 464 g/mol. The van der Waals surface area contributed by atoms with Crippen LogP contribution in [-0.2, 0) is 6.54 Å². The summed E-state index contributed by atoms with van der Waals surface area (Å²) in [5, 5.41) is 21.7. The molecule has 8 heteroatoms. The minimum Gasteiger partial charge on any atom is -0.494 e. The summed E-state index contributed by atoms with van der Waals surface area (Å²) in [4.78, 5) is 26.4. The maximum Gasteiger partial charge on any atom is 0.271 e. The molecule has 166 valence electrons. The Labute approximate surface area is 193 Å². The molecule has 2 heterocycles. The standard InChI is InChI=1S/C25H18ClFN2O4/c1-12-8-20-17(9-19(12)26)14(3)23(33-20)22(30)21-13(2)18(10-28)24(31)29(25(21)32)11-15-4-6-16(27)7-5-15/h4-9,32H,11H2,1-3H3. The van der Waals surface area contributed by atoms with Gasteiger partial charge in [-0.15, -0.1) is 0 Å². The minimum atomic E-state index is -0.753. The second kappa shape index (κ2) is 8.23. The van der Waals surface area contributed by atoms with Crippen molar-refractivity contribution in [3.63, 3.8) is 0 Å². The number of halogens is 2. The van der Waals surface area contributed by atoms with Gasteiger partial charge in [-0.25, -0.2) is 4.39 Å². The zero-order valence-electron chi connectivity index (χ0n) is 18.0. The average molecular weight is 465 g/mol. The van der Waals surface area contributed by atoms with E-state index in [1.807, 2.05) is 13.0 Å². The Morgan fingerprint density at radius 1 is 1.18 bits per heavy atom. The van der Waals surface area contributed by atoms with E-state index in [1.54, 1.807) is 19.1 Å². The predicted molar refractivity (Wildman–Crippen MR) is 121 cm³/mol. The van der Waals surface area contributed by atoms with Crippen LogP contribution in [0.5, 0.6) is 5.88 Å². The fourth-order valence-corrected chi connectivity index (χ4v) is 3.98. The van der Waals surface area contributed by atoms with E-state index in [4.69, 9.17) is 16.0 Å². The van der Waals surface area contributed by atoms with E-state index in [2.05, 4.69) is 0 Å². The van der Waals surface area contributed by atoms with Gasteiger partial charge in [0.05, 0.1) is 12.1 Å². The first-order valence-corrected chi connectivity index (χ1v) is 10.4. The highest BCUT2D eigenvalue weighted by Crippen LogP contribution is 2.33. The fraction of sp³-hybridized carbons (Fsp3) is 0.160. The van der Waals surface area contributed by atoms with E-state index in [1.165, 1.54) is 31.2 Å². The Kier molecular flexibility index (Phi) is 5.56. The zero-order chi connectivity index (χ0) is 24.0. The number of pyridine rings is 1. The molecule has 0 aliphatic rings. The van der Waals surface area contributed by atoms with Gasteiger partial charge in [-0.3, -0.25) is 14.2 Å². The minimum absolute atomic E-state index is 0.0269. The maximum absolute atomic E-state index is 13.5. The van der Waals surface area contributed by atoms with Gasteiger partial charge in [-0.05, 0) is 61.7 Å². The lowest BCUT2D eigenvalue weighted by Crippen LogP contribution is -2.27. The van der Waals surface area contributed by atoms with Gasteiger partial charge in [0.25, 0.3) is 5.56 Å². The molecule has 2 aromatic carbocycles. The van der Waals surface area contributed by atoms with Crippen molar-refractivity contribution in [2.24, 2.45) is 0 Å². The molecular formula is C25H18ClFN2O4. The molecule has 4 aromatic rings. The van der Waals surface area contributed by atoms with Gasteiger partial charge in [0.2, 0.25) is 11.7 Å². The van der Waals surface area contributed by atoms with E-state index in [0.717, 1.165) is 10.1 Å². The van der Waals surface area contributed by atoms with Gasteiger partial charge in [0.1, 0.15) is 23.0 Å². The summed E-state index contributed by atoms with van der Waals surface area (Å²) in [5.41, 5.74) is 1.07. The van der Waals surface area contributed by atoms with Gasteiger partial charge >= 0.3 is 0 Å². The first kappa shape index (κ1) is 22.3. The second-order valence-corrected chi connectivity index (χ2v) is 8.22. The molecule has 0 unspecified atom stereocenters. The molecule has 6 nitrogen and oxygen atoms in total. The normalized spacial score (nSPS) is 11.0. The number of aromatic hydroxyl groups is 1. The smallest absolute Gasteiger partial charge is 0.271 e. The van der Waals surface area contributed by atoms with Gasteiger partial charge < -0.3 is 9.52 Å². The number of aryl methyl sites for hydroxylation is 2. The quantitative estimate of drug-likeness (QED) is 0.420. The molecule has 0 amide bonds. The third-order valence-corrected chi connectivity index (χ3v) is 6.11. The molecule has 0 atom stereocenters. The number of carbonyl (C=O) groups excluding carboxylic acids is 1. The number of hydrogen-bond acceptors (Lipinski definition) is 5. The first-order valence-electron chi connectivity index (χ1n) is 9.98. The number of carbonyl (C=O) groups is 1. The molecule has 0 bridgehead atoms. The SMILES string of the molecule is Cc1cc2oc(C(=O)c3c(C)c(C#N)c(=O)n(Cc4ccc(F)cc4)c3O)c(C)c2cc1Cl. The van der Waals surface area contributed by atoms with Crippen LogP contribution in [-0.4, -0.2) is 15.5 Å². The Balaban J connectivity index is 1.92. The van der Waals surface area contributed by atoms with Crippen molar-refractivity contribution in [1.82, 2.24) is 4.57 Å². The summed E-state index contributed by atoms with van der Waals surface area (Å²) >= 11 is 6.22. The van der Waals surface area contributed by atoms with Crippen molar-refractivity contribution in [3.8, 4) is 11.9 Å². The van der Waals surface area contributed by atoms with Gasteiger partial charge in [0.15, 0.2) is 5.76 Å². The Morgan fingerprint density at radius 3 is 2.48 bits per heavy atom. The van der Waals surface area contributed by atoms with Gasteiger partial charge in [0, 0.05) is 16.0 Å². The van der Waals surface area contributed by atoms with Crippen molar-refractivity contribution in [2.75, 3.05) is 0 Å². The number of fused-ring (bicyclic) bond motifs is 1. The third-order valence-electron chi connectivity index (χ3n) is 5.70. The Bertz CT molecular complexity index is 1540. The number of benzene rings is 2. The summed E-state index contributed by atoms with van der Waals surface area (Å²) in [6.07, 6.45) is 0. The summed E-state index contributed by atoms with van der Waals surface area (Å²) < 4.78 is 20.0. The lowest BCUT2D eigenvalue weighted by molar-refractivity contribution is 0.101. The van der Waals surface area contributed by atoms with Crippen LogP contribution in [0.25, 0.3) is 11.0 Å². The van der Waals surface area contributed by atoms with Crippen LogP contribution in [0, 0.1) is 37.9 Å². The van der Waals surface area contributed by atoms with Crippen LogP contribution in [0.4, 0.5) is 4.39 Å². The summed E-state index contributed by atoms with van der Waals surface area (Å²) in [7, 11) is 0. The predicted octanol–water partition coefficient (Wildman–Crippen LogP) is 5.17. The highest BCUT2D eigenvalue weighted by Gasteiger charge is 2.29. The number of ketones is 1. The molecule has 0 aliphatic heterocycles. The molecule has 0 radical (unpaired) electrons. The highest BCUT2D eigenvalue weighted by molar-refractivity contribution is 6.32. The molecule has 0 saturated carbocycles. The van der Waals surface area contributed by atoms with Crippen molar-refractivity contribution >= 4 is 28.4 Å². The van der Waals surface area contributed by atoms with Crippen molar-refractivity contribution in [1.29, 1.82) is 5.26 Å². The molecule has 0 saturated heterocycles. The number of aromatic nitrogens is 1. The highest BCUT2D eigenvalue weighted by atomic mass is 35.5. The summed E-state index contributed by atoms with van der Waals surface area (Å²) in [6, 6.07) is 10.6. The van der Waals surface area contributed by atoms with Crippen molar-refractivity contribution in [2.45, 2.75) is 27.3 Å². The van der Waals surface area contributed by atoms with Crippen LogP contribution in [0.3, 0.4) is 0 Å². The lowest BCUT2D eigenvalue weighted by Gasteiger charge is -2.15. The van der Waals surface area contributed by atoms with Crippen molar-refractivity contribution < 1.29 is 18.7 Å². The van der Waals surface area contributed by atoms with E-state index in [-0.39, 0.29) is 29.0 Å². The number of rotatable bonds is 4. The van der Waals surface area contributed by atoms with E-state index >= 15 is 0 Å². The molecule has 0 aliphatic carbocycles. The maximum atomic E-state index is 13.5. The number of nitriles is 1. The molecule has 33 heavy (non-hydrogen) atoms. The van der Waals surface area contributed by atoms with Crippen LogP contribution < -0.4 is 5.56 Å². The van der Waals surface area contributed by atoms with Crippen molar-refractivity contribution in [3.05, 3.63) is 96.7 Å². The molecular weight excluding hydrogens is 447 g/mol. The Morgan fingerprint density at radius 2 is 1.85 bits per heavy atom. The van der Waals surface area contributed by atoms with Crippen LogP contribution in [0.15, 0.2) is 45.6 Å². The summed E-state index contributed by atoms with van der Waals surface area (Å²) in [6.45, 7) is 4.76. The van der Waals surface area contributed by atoms with Gasteiger partial charge in [-0.1, -0.05) is 23.7 Å². The Hall–Kier alpha value is -3.89. The molecule has 4 rings (SSSR count). The fourth-order valence-electron chi connectivity index (χ4n) is 3.81. The molecule has 0 fully saturated rings. The molecule has 0 spiro atoms. The zero-order valence-corrected chi connectivity index (χ0v) is 18.7. The largest absolute Gasteiger partial charge is 0.494 e. The van der Waals surface area contributed by atoms with Gasteiger partial charge in [-0.2, -0.15) is 5.26 Å². The average Bonchev–Trinajstić information content (AvgIpc) is 3.08. The van der Waals surface area contributed by atoms with Crippen LogP contribution >= 0.6 is 11.6 Å². The second-order valence-electron chi connectivity index (χ2n) is 7.81. The van der Waals surface area contributed by atoms with E-state index in [9.17, 15) is 24.3 Å². The van der Waals surface area contributed by atoms with Crippen LogP contribution in [0.2, 0.25) is 5.02 Å². The number of furan rings is 1. The van der Waals surface area contributed by atoms with Crippen LogP contribution in [0.1, 0.15) is 43.9 Å². The number of hydrogen-bond donors (Lipinski definition) is 1. The summed E-state index contributed by atoms with van der Waals surface area (Å²) in [5.74, 6) is -1.75. The lowest BCUT2D eigenvalue weighted by atomic mass is 9.98. The number of nitrogens with zero attached hydrogens (tertiary/aromatic N) is 2.